The number of hydrogen-bond donors (Lipinski definition) is 0. The number of likely N-dealkylation sites (N-methyl/N-ethyl adjacent to an activating group) is 1. The Balaban J connectivity index is 1.36. The van der Waals surface area contributed by atoms with Gasteiger partial charge in [0.15, 0.2) is 0 Å². The lowest BCUT2D eigenvalue weighted by atomic mass is 9.87. The summed E-state index contributed by atoms with van der Waals surface area (Å²) in [4.78, 5) is 17.5. The number of carbonyl (C=O) groups is 1. The highest BCUT2D eigenvalue weighted by Crippen LogP contribution is 2.39. The summed E-state index contributed by atoms with van der Waals surface area (Å²) in [6.45, 7) is 3.10. The number of hydrogen-bond acceptors (Lipinski definition) is 3. The zero-order valence-corrected chi connectivity index (χ0v) is 14.6. The van der Waals surface area contributed by atoms with Crippen molar-refractivity contribution in [1.29, 1.82) is 0 Å². The first-order valence-electron chi connectivity index (χ1n) is 9.39. The normalized spacial score (nSPS) is 32.9. The Bertz CT molecular complexity index is 576. The van der Waals surface area contributed by atoms with Crippen LogP contribution in [-0.2, 0) is 16.1 Å². The van der Waals surface area contributed by atoms with Gasteiger partial charge in [-0.1, -0.05) is 30.3 Å². The van der Waals surface area contributed by atoms with Crippen LogP contribution in [0.25, 0.3) is 0 Å². The van der Waals surface area contributed by atoms with E-state index in [0.717, 1.165) is 45.3 Å². The van der Waals surface area contributed by atoms with Crippen molar-refractivity contribution in [1.82, 2.24) is 9.80 Å². The molecule has 3 aliphatic rings. The zero-order chi connectivity index (χ0) is 16.5. The van der Waals surface area contributed by atoms with Crippen LogP contribution < -0.4 is 0 Å². The number of benzene rings is 1. The van der Waals surface area contributed by atoms with Crippen LogP contribution in [0.4, 0.5) is 0 Å². The van der Waals surface area contributed by atoms with Gasteiger partial charge in [0.2, 0.25) is 5.91 Å². The van der Waals surface area contributed by atoms with Crippen LogP contribution >= 0.6 is 0 Å². The van der Waals surface area contributed by atoms with Crippen molar-refractivity contribution in [2.45, 2.75) is 56.9 Å². The summed E-state index contributed by atoms with van der Waals surface area (Å²) in [6.07, 6.45) is 5.98. The molecule has 2 bridgehead atoms. The first kappa shape index (κ1) is 16.1. The van der Waals surface area contributed by atoms with Crippen molar-refractivity contribution in [3.63, 3.8) is 0 Å². The molecule has 4 nitrogen and oxygen atoms in total. The Morgan fingerprint density at radius 2 is 2.08 bits per heavy atom. The third kappa shape index (κ3) is 3.22. The molecule has 1 aromatic rings. The Hall–Kier alpha value is -1.39. The number of amides is 1. The quantitative estimate of drug-likeness (QED) is 0.852. The summed E-state index contributed by atoms with van der Waals surface area (Å²) in [5.74, 6) is 0.423. The van der Waals surface area contributed by atoms with Gasteiger partial charge in [-0.2, -0.15) is 0 Å². The van der Waals surface area contributed by atoms with Crippen molar-refractivity contribution in [3.05, 3.63) is 35.9 Å². The topological polar surface area (TPSA) is 32.8 Å². The lowest BCUT2D eigenvalue weighted by Gasteiger charge is -2.39. The number of likely N-dealkylation sites (tertiary alicyclic amines) is 1. The molecule has 0 radical (unpaired) electrons. The minimum atomic E-state index is 0.109. The second-order valence-electron chi connectivity index (χ2n) is 7.68. The van der Waals surface area contributed by atoms with Crippen molar-refractivity contribution in [2.24, 2.45) is 5.92 Å². The lowest BCUT2D eigenvalue weighted by molar-refractivity contribution is -0.139. The maximum absolute atomic E-state index is 12.9. The van der Waals surface area contributed by atoms with Gasteiger partial charge in [-0.05, 0) is 44.2 Å². The highest BCUT2D eigenvalue weighted by atomic mass is 16.5. The molecule has 4 heteroatoms. The van der Waals surface area contributed by atoms with Crippen molar-refractivity contribution in [3.8, 4) is 0 Å². The molecule has 24 heavy (non-hydrogen) atoms. The average Bonchev–Trinajstić information content (AvgIpc) is 3.25. The molecule has 4 rings (SSSR count). The third-order valence-corrected chi connectivity index (χ3v) is 6.05. The van der Waals surface area contributed by atoms with Crippen molar-refractivity contribution >= 4 is 5.91 Å². The second kappa shape index (κ2) is 6.85. The molecule has 3 fully saturated rings. The number of carbonyl (C=O) groups excluding carboxylic acids is 1. The zero-order valence-electron chi connectivity index (χ0n) is 14.6. The molecule has 1 aromatic carbocycles. The third-order valence-electron chi connectivity index (χ3n) is 6.05. The van der Waals surface area contributed by atoms with E-state index in [4.69, 9.17) is 4.74 Å². The van der Waals surface area contributed by atoms with Gasteiger partial charge in [0.1, 0.15) is 0 Å². The minimum Gasteiger partial charge on any atom is -0.374 e. The van der Waals surface area contributed by atoms with Gasteiger partial charge in [0.05, 0.1) is 18.1 Å². The second-order valence-corrected chi connectivity index (χ2v) is 7.68. The van der Waals surface area contributed by atoms with E-state index in [9.17, 15) is 4.79 Å². The lowest BCUT2D eigenvalue weighted by Crippen LogP contribution is -2.50. The van der Waals surface area contributed by atoms with E-state index in [-0.39, 0.29) is 12.0 Å². The van der Waals surface area contributed by atoms with E-state index < -0.39 is 0 Å². The van der Waals surface area contributed by atoms with E-state index in [0.29, 0.717) is 18.1 Å². The molecular formula is C20H28N2O2. The van der Waals surface area contributed by atoms with Crippen LogP contribution in [0.3, 0.4) is 0 Å². The van der Waals surface area contributed by atoms with Gasteiger partial charge < -0.3 is 9.64 Å². The Kier molecular flexibility index (Phi) is 4.59. The molecule has 3 saturated heterocycles. The van der Waals surface area contributed by atoms with E-state index >= 15 is 0 Å². The first-order valence-corrected chi connectivity index (χ1v) is 9.39. The van der Waals surface area contributed by atoms with Crippen LogP contribution in [0.1, 0.15) is 37.7 Å². The molecule has 130 valence electrons. The van der Waals surface area contributed by atoms with Gasteiger partial charge in [-0.15, -0.1) is 0 Å². The van der Waals surface area contributed by atoms with Crippen LogP contribution in [0.2, 0.25) is 0 Å². The summed E-state index contributed by atoms with van der Waals surface area (Å²) in [5.41, 5.74) is 1.36. The summed E-state index contributed by atoms with van der Waals surface area (Å²) in [7, 11) is 2.00. The molecule has 0 aliphatic carbocycles. The number of piperidine rings is 1. The van der Waals surface area contributed by atoms with E-state index in [1.807, 2.05) is 11.9 Å². The van der Waals surface area contributed by atoms with Crippen molar-refractivity contribution < 1.29 is 9.53 Å². The molecule has 0 aromatic heterocycles. The van der Waals surface area contributed by atoms with Gasteiger partial charge in [0, 0.05) is 26.2 Å². The Morgan fingerprint density at radius 3 is 2.79 bits per heavy atom. The van der Waals surface area contributed by atoms with Gasteiger partial charge in [0.25, 0.3) is 0 Å². The molecule has 4 atom stereocenters. The maximum atomic E-state index is 12.9. The fraction of sp³-hybridized carbons (Fsp3) is 0.650. The smallest absolute Gasteiger partial charge is 0.228 e. The average molecular weight is 328 g/mol. The number of rotatable bonds is 4. The van der Waals surface area contributed by atoms with Crippen LogP contribution in [-0.4, -0.2) is 54.1 Å². The minimum absolute atomic E-state index is 0.109. The molecule has 3 heterocycles. The molecule has 3 aliphatic heterocycles. The molecule has 1 amide bonds. The first-order chi connectivity index (χ1) is 11.7. The summed E-state index contributed by atoms with van der Waals surface area (Å²) in [5, 5.41) is 0. The molecule has 0 saturated carbocycles. The number of fused-ring (bicyclic) bond motifs is 2. The number of nitrogens with zero attached hydrogens (tertiary/aromatic N) is 2. The van der Waals surface area contributed by atoms with Crippen molar-refractivity contribution in [2.75, 3.05) is 20.1 Å². The maximum Gasteiger partial charge on any atom is 0.228 e. The number of ether oxygens (including phenoxy) is 1. The standard InChI is InChI=1S/C20H28N2O2/c1-21(20(23)18-12-17-9-10-19(18)24-17)16-8-5-11-22(14-16)13-15-6-3-2-4-7-15/h2-4,6-7,16-19H,5,8-14H2,1H3. The van der Waals surface area contributed by atoms with Crippen LogP contribution in [0, 0.1) is 5.92 Å². The highest BCUT2D eigenvalue weighted by Gasteiger charge is 2.46. The Labute approximate surface area is 144 Å². The largest absolute Gasteiger partial charge is 0.374 e. The van der Waals surface area contributed by atoms with E-state index in [1.54, 1.807) is 0 Å². The van der Waals surface area contributed by atoms with Gasteiger partial charge in [-0.3, -0.25) is 9.69 Å². The van der Waals surface area contributed by atoms with Gasteiger partial charge >= 0.3 is 0 Å². The predicted molar refractivity (Wildman–Crippen MR) is 93.5 cm³/mol. The SMILES string of the molecule is CN(C(=O)C1CC2CCC1O2)C1CCCN(Cc2ccccc2)C1. The molecule has 0 spiro atoms. The summed E-state index contributed by atoms with van der Waals surface area (Å²) < 4.78 is 5.89. The van der Waals surface area contributed by atoms with Crippen LogP contribution in [0.5, 0.6) is 0 Å². The van der Waals surface area contributed by atoms with Gasteiger partial charge in [-0.25, -0.2) is 0 Å². The summed E-state index contributed by atoms with van der Waals surface area (Å²) >= 11 is 0. The van der Waals surface area contributed by atoms with E-state index in [2.05, 4.69) is 35.2 Å². The molecular weight excluding hydrogens is 300 g/mol. The van der Waals surface area contributed by atoms with E-state index in [1.165, 1.54) is 12.0 Å². The fourth-order valence-corrected chi connectivity index (χ4v) is 4.67. The monoisotopic (exact) mass is 328 g/mol. The Morgan fingerprint density at radius 1 is 1.25 bits per heavy atom. The highest BCUT2D eigenvalue weighted by molar-refractivity contribution is 5.80. The summed E-state index contributed by atoms with van der Waals surface area (Å²) in [6, 6.07) is 11.0. The predicted octanol–water partition coefficient (Wildman–Crippen LogP) is 2.68. The fourth-order valence-electron chi connectivity index (χ4n) is 4.67. The molecule has 4 unspecified atom stereocenters. The van der Waals surface area contributed by atoms with Crippen LogP contribution in [0.15, 0.2) is 30.3 Å². The molecule has 0 N–H and O–H groups in total.